The Balaban J connectivity index is 2.00. The summed E-state index contributed by atoms with van der Waals surface area (Å²) in [7, 11) is 0. The van der Waals surface area contributed by atoms with Crippen LogP contribution in [0.5, 0.6) is 0 Å². The minimum absolute atomic E-state index is 0.168. The first-order valence-corrected chi connectivity index (χ1v) is 5.40. The summed E-state index contributed by atoms with van der Waals surface area (Å²) in [4.78, 5) is 11.3. The van der Waals surface area contributed by atoms with Crippen molar-refractivity contribution in [2.45, 2.75) is 12.8 Å². The molecule has 1 saturated carbocycles. The van der Waals surface area contributed by atoms with E-state index in [0.717, 1.165) is 18.5 Å². The summed E-state index contributed by atoms with van der Waals surface area (Å²) in [5, 5.41) is 2.89. The van der Waals surface area contributed by atoms with Gasteiger partial charge in [-0.25, -0.2) is 0 Å². The van der Waals surface area contributed by atoms with Gasteiger partial charge in [0.15, 0.2) is 0 Å². The number of amides is 1. The second-order valence-electron chi connectivity index (χ2n) is 3.27. The predicted octanol–water partition coefficient (Wildman–Crippen LogP) is 2.64. The largest absolute Gasteiger partial charge is 0.326 e. The Bertz CT molecular complexity index is 316. The third-order valence-electron chi connectivity index (χ3n) is 2.06. The summed E-state index contributed by atoms with van der Waals surface area (Å²) in [5.74, 6) is 0.445. The molecular formula is C10H10INO. The van der Waals surface area contributed by atoms with Gasteiger partial charge in [0, 0.05) is 15.2 Å². The molecule has 0 bridgehead atoms. The second-order valence-corrected chi connectivity index (χ2v) is 4.52. The lowest BCUT2D eigenvalue weighted by atomic mass is 10.3. The maximum atomic E-state index is 11.3. The predicted molar refractivity (Wildman–Crippen MR) is 60.5 cm³/mol. The molecule has 0 saturated heterocycles. The van der Waals surface area contributed by atoms with Crippen LogP contribution in [0.2, 0.25) is 0 Å². The van der Waals surface area contributed by atoms with Gasteiger partial charge in [-0.05, 0) is 59.7 Å². The molecule has 0 unspecified atom stereocenters. The van der Waals surface area contributed by atoms with E-state index in [4.69, 9.17) is 0 Å². The van der Waals surface area contributed by atoms with E-state index in [9.17, 15) is 4.79 Å². The molecule has 13 heavy (non-hydrogen) atoms. The standard InChI is InChI=1S/C10H10INO/c11-8-3-5-9(6-4-8)12-10(13)7-1-2-7/h3-7H,1-2H2,(H,12,13). The molecule has 68 valence electrons. The minimum Gasteiger partial charge on any atom is -0.326 e. The van der Waals surface area contributed by atoms with Crippen molar-refractivity contribution in [2.24, 2.45) is 5.92 Å². The van der Waals surface area contributed by atoms with Crippen LogP contribution in [0, 0.1) is 9.49 Å². The highest BCUT2D eigenvalue weighted by Gasteiger charge is 2.29. The molecule has 0 aromatic heterocycles. The fourth-order valence-electron chi connectivity index (χ4n) is 1.12. The van der Waals surface area contributed by atoms with Crippen molar-refractivity contribution in [2.75, 3.05) is 5.32 Å². The quantitative estimate of drug-likeness (QED) is 0.832. The third-order valence-corrected chi connectivity index (χ3v) is 2.78. The lowest BCUT2D eigenvalue weighted by Gasteiger charge is -2.03. The van der Waals surface area contributed by atoms with Gasteiger partial charge >= 0.3 is 0 Å². The molecule has 1 amide bonds. The second kappa shape index (κ2) is 3.65. The number of rotatable bonds is 2. The van der Waals surface area contributed by atoms with Gasteiger partial charge in [0.1, 0.15) is 0 Å². The van der Waals surface area contributed by atoms with Crippen LogP contribution in [0.25, 0.3) is 0 Å². The maximum absolute atomic E-state index is 11.3. The van der Waals surface area contributed by atoms with E-state index < -0.39 is 0 Å². The van der Waals surface area contributed by atoms with E-state index in [2.05, 4.69) is 27.9 Å². The van der Waals surface area contributed by atoms with E-state index in [-0.39, 0.29) is 11.8 Å². The van der Waals surface area contributed by atoms with Crippen molar-refractivity contribution in [3.05, 3.63) is 27.8 Å². The summed E-state index contributed by atoms with van der Waals surface area (Å²) in [6, 6.07) is 7.84. The zero-order valence-corrected chi connectivity index (χ0v) is 9.24. The third kappa shape index (κ3) is 2.43. The molecule has 0 spiro atoms. The average Bonchev–Trinajstić information content (AvgIpc) is 2.91. The zero-order chi connectivity index (χ0) is 9.26. The Morgan fingerprint density at radius 1 is 1.31 bits per heavy atom. The Morgan fingerprint density at radius 2 is 1.92 bits per heavy atom. The first-order chi connectivity index (χ1) is 6.25. The summed E-state index contributed by atoms with van der Waals surface area (Å²) >= 11 is 2.24. The Kier molecular flexibility index (Phi) is 2.53. The number of hydrogen-bond acceptors (Lipinski definition) is 1. The molecule has 2 nitrogen and oxygen atoms in total. The molecule has 0 radical (unpaired) electrons. The highest BCUT2D eigenvalue weighted by molar-refractivity contribution is 14.1. The van der Waals surface area contributed by atoms with E-state index in [0.29, 0.717) is 0 Å². The fourth-order valence-corrected chi connectivity index (χ4v) is 1.48. The SMILES string of the molecule is O=C(Nc1ccc(I)cc1)C1CC1. The molecule has 1 aromatic carbocycles. The number of benzene rings is 1. The highest BCUT2D eigenvalue weighted by atomic mass is 127. The first kappa shape index (κ1) is 8.99. The van der Waals surface area contributed by atoms with Crippen LogP contribution in [0.1, 0.15) is 12.8 Å². The van der Waals surface area contributed by atoms with Gasteiger partial charge in [0.05, 0.1) is 0 Å². The molecule has 3 heteroatoms. The van der Waals surface area contributed by atoms with Crippen LogP contribution in [-0.4, -0.2) is 5.91 Å². The molecular weight excluding hydrogens is 277 g/mol. The van der Waals surface area contributed by atoms with Crippen molar-refractivity contribution in [3.63, 3.8) is 0 Å². The van der Waals surface area contributed by atoms with E-state index in [1.54, 1.807) is 0 Å². The molecule has 1 aromatic rings. The van der Waals surface area contributed by atoms with Crippen LogP contribution >= 0.6 is 22.6 Å². The molecule has 0 aliphatic heterocycles. The summed E-state index contributed by atoms with van der Waals surface area (Å²) in [5.41, 5.74) is 0.900. The molecule has 1 aliphatic rings. The van der Waals surface area contributed by atoms with Crippen LogP contribution in [0.15, 0.2) is 24.3 Å². The minimum atomic E-state index is 0.168. The van der Waals surface area contributed by atoms with Gasteiger partial charge in [-0.15, -0.1) is 0 Å². The van der Waals surface area contributed by atoms with Crippen molar-refractivity contribution >= 4 is 34.2 Å². The first-order valence-electron chi connectivity index (χ1n) is 4.32. The lowest BCUT2D eigenvalue weighted by molar-refractivity contribution is -0.117. The van der Waals surface area contributed by atoms with Crippen LogP contribution in [-0.2, 0) is 4.79 Å². The molecule has 1 fully saturated rings. The van der Waals surface area contributed by atoms with Crippen LogP contribution in [0.4, 0.5) is 5.69 Å². The Hall–Kier alpha value is -0.580. The smallest absolute Gasteiger partial charge is 0.227 e. The van der Waals surface area contributed by atoms with Crippen molar-refractivity contribution < 1.29 is 4.79 Å². The number of carbonyl (C=O) groups excluding carboxylic acids is 1. The highest BCUT2D eigenvalue weighted by Crippen LogP contribution is 2.30. The topological polar surface area (TPSA) is 29.1 Å². The van der Waals surface area contributed by atoms with Crippen LogP contribution in [0.3, 0.4) is 0 Å². The maximum Gasteiger partial charge on any atom is 0.227 e. The van der Waals surface area contributed by atoms with E-state index in [1.165, 1.54) is 3.57 Å². The van der Waals surface area contributed by atoms with Gasteiger partial charge in [0.2, 0.25) is 5.91 Å². The summed E-state index contributed by atoms with van der Waals surface area (Å²) in [6.45, 7) is 0. The molecule has 1 N–H and O–H groups in total. The average molecular weight is 287 g/mol. The lowest BCUT2D eigenvalue weighted by Crippen LogP contribution is -2.12. The number of carbonyl (C=O) groups is 1. The number of hydrogen-bond donors (Lipinski definition) is 1. The molecule has 1 aliphatic carbocycles. The Morgan fingerprint density at radius 3 is 2.46 bits per heavy atom. The molecule has 2 rings (SSSR count). The number of anilines is 1. The fraction of sp³-hybridized carbons (Fsp3) is 0.300. The van der Waals surface area contributed by atoms with Gasteiger partial charge in [0.25, 0.3) is 0 Å². The summed E-state index contributed by atoms with van der Waals surface area (Å²) < 4.78 is 1.18. The van der Waals surface area contributed by atoms with Crippen molar-refractivity contribution in [1.82, 2.24) is 0 Å². The van der Waals surface area contributed by atoms with Gasteiger partial charge in [-0.2, -0.15) is 0 Å². The molecule has 0 atom stereocenters. The Labute approximate surface area is 90.9 Å². The van der Waals surface area contributed by atoms with E-state index in [1.807, 2.05) is 24.3 Å². The summed E-state index contributed by atoms with van der Waals surface area (Å²) in [6.07, 6.45) is 2.10. The molecule has 0 heterocycles. The number of nitrogens with one attached hydrogen (secondary N) is 1. The van der Waals surface area contributed by atoms with Crippen molar-refractivity contribution in [3.8, 4) is 0 Å². The normalized spacial score (nSPS) is 15.5. The zero-order valence-electron chi connectivity index (χ0n) is 7.09. The van der Waals surface area contributed by atoms with Gasteiger partial charge in [-0.1, -0.05) is 0 Å². The number of halogens is 1. The monoisotopic (exact) mass is 287 g/mol. The van der Waals surface area contributed by atoms with Gasteiger partial charge in [-0.3, -0.25) is 4.79 Å². The van der Waals surface area contributed by atoms with Gasteiger partial charge < -0.3 is 5.32 Å². The van der Waals surface area contributed by atoms with Crippen LogP contribution < -0.4 is 5.32 Å². The van der Waals surface area contributed by atoms with Crippen molar-refractivity contribution in [1.29, 1.82) is 0 Å². The van der Waals surface area contributed by atoms with E-state index >= 15 is 0 Å².